The molecule has 2 aromatic carbocycles. The summed E-state index contributed by atoms with van der Waals surface area (Å²) in [6, 6.07) is 21.9. The number of ketones is 1. The van der Waals surface area contributed by atoms with Crippen molar-refractivity contribution in [1.82, 2.24) is 4.57 Å². The van der Waals surface area contributed by atoms with Gasteiger partial charge in [0.2, 0.25) is 0 Å². The van der Waals surface area contributed by atoms with Crippen LogP contribution in [0.1, 0.15) is 27.3 Å². The van der Waals surface area contributed by atoms with Crippen molar-refractivity contribution in [2.24, 2.45) is 0 Å². The van der Waals surface area contributed by atoms with Gasteiger partial charge in [0.15, 0.2) is 5.78 Å². The summed E-state index contributed by atoms with van der Waals surface area (Å²) >= 11 is 1.84. The molecule has 0 aliphatic carbocycles. The van der Waals surface area contributed by atoms with Gasteiger partial charge in [0.25, 0.3) is 0 Å². The summed E-state index contributed by atoms with van der Waals surface area (Å²) < 4.78 is 2.24. The molecule has 0 amide bonds. The third-order valence-electron chi connectivity index (χ3n) is 4.18. The average Bonchev–Trinajstić information content (AvgIpc) is 2.91. The summed E-state index contributed by atoms with van der Waals surface area (Å²) in [5.41, 5.74) is 3.75. The van der Waals surface area contributed by atoms with Crippen molar-refractivity contribution in [2.75, 3.05) is 5.75 Å². The zero-order valence-electron chi connectivity index (χ0n) is 14.0. The summed E-state index contributed by atoms with van der Waals surface area (Å²) in [7, 11) is 0. The monoisotopic (exact) mass is 335 g/mol. The van der Waals surface area contributed by atoms with E-state index in [-0.39, 0.29) is 5.78 Å². The van der Waals surface area contributed by atoms with Crippen LogP contribution in [0.3, 0.4) is 0 Å². The lowest BCUT2D eigenvalue weighted by atomic mass is 10.0. The maximum atomic E-state index is 12.7. The Bertz CT molecular complexity index is 822. The first-order chi connectivity index (χ1) is 11.7. The normalized spacial score (nSPS) is 10.8. The van der Waals surface area contributed by atoms with Crippen LogP contribution in [0.2, 0.25) is 0 Å². The van der Waals surface area contributed by atoms with Crippen LogP contribution in [-0.4, -0.2) is 16.1 Å². The van der Waals surface area contributed by atoms with Crippen molar-refractivity contribution in [3.05, 3.63) is 89.2 Å². The summed E-state index contributed by atoms with van der Waals surface area (Å²) in [5, 5.41) is 0. The molecule has 0 fully saturated rings. The summed E-state index contributed by atoms with van der Waals surface area (Å²) in [5.74, 6) is 1.09. The van der Waals surface area contributed by atoms with Crippen molar-refractivity contribution in [2.45, 2.75) is 25.3 Å². The van der Waals surface area contributed by atoms with Gasteiger partial charge < -0.3 is 4.57 Å². The number of benzene rings is 2. The van der Waals surface area contributed by atoms with Crippen molar-refractivity contribution in [3.8, 4) is 0 Å². The molecule has 24 heavy (non-hydrogen) atoms. The lowest BCUT2D eigenvalue weighted by Gasteiger charge is -2.09. The molecule has 0 saturated carbocycles. The first kappa shape index (κ1) is 16.6. The molecule has 3 rings (SSSR count). The van der Waals surface area contributed by atoms with E-state index in [4.69, 9.17) is 0 Å². The highest BCUT2D eigenvalue weighted by Gasteiger charge is 2.16. The van der Waals surface area contributed by atoms with E-state index in [9.17, 15) is 4.79 Å². The Balaban J connectivity index is 1.73. The molecule has 1 heterocycles. The van der Waals surface area contributed by atoms with Crippen molar-refractivity contribution >= 4 is 17.5 Å². The Hall–Kier alpha value is -2.26. The smallest absolute Gasteiger partial charge is 0.194 e. The Morgan fingerprint density at radius 2 is 1.58 bits per heavy atom. The van der Waals surface area contributed by atoms with Gasteiger partial charge >= 0.3 is 0 Å². The first-order valence-corrected chi connectivity index (χ1v) is 9.09. The first-order valence-electron chi connectivity index (χ1n) is 8.11. The molecule has 0 spiro atoms. The van der Waals surface area contributed by atoms with Gasteiger partial charge in [0.1, 0.15) is 0 Å². The van der Waals surface area contributed by atoms with Crippen LogP contribution in [-0.2, 0) is 6.54 Å². The molecule has 1 aromatic heterocycles. The van der Waals surface area contributed by atoms with Gasteiger partial charge in [-0.05, 0) is 32.0 Å². The number of aryl methyl sites for hydroxylation is 1. The van der Waals surface area contributed by atoms with E-state index in [1.807, 2.05) is 61.2 Å². The number of carbonyl (C=O) groups is 1. The molecule has 0 atom stereocenters. The number of rotatable bonds is 6. The van der Waals surface area contributed by atoms with Gasteiger partial charge in [-0.25, -0.2) is 0 Å². The molecule has 0 unspecified atom stereocenters. The lowest BCUT2D eigenvalue weighted by molar-refractivity contribution is 0.103. The molecule has 0 N–H and O–H groups in total. The molecular formula is C21H21NOS. The SMILES string of the molecule is Cc1cc(C(=O)c2ccccc2)c(C)n1CCSc1ccccc1. The number of carbonyl (C=O) groups excluding carboxylic acids is 1. The summed E-state index contributed by atoms with van der Waals surface area (Å²) in [6.07, 6.45) is 0. The summed E-state index contributed by atoms with van der Waals surface area (Å²) in [4.78, 5) is 14.0. The van der Waals surface area contributed by atoms with Crippen LogP contribution in [0.5, 0.6) is 0 Å². The Morgan fingerprint density at radius 3 is 2.25 bits per heavy atom. The van der Waals surface area contributed by atoms with Crippen molar-refractivity contribution in [1.29, 1.82) is 0 Å². The number of aromatic nitrogens is 1. The number of hydrogen-bond donors (Lipinski definition) is 0. The maximum Gasteiger partial charge on any atom is 0.194 e. The predicted octanol–water partition coefficient (Wildman–Crippen LogP) is 5.13. The second-order valence-electron chi connectivity index (χ2n) is 5.79. The second kappa shape index (κ2) is 7.54. The quantitative estimate of drug-likeness (QED) is 0.460. The third kappa shape index (κ3) is 3.62. The van der Waals surface area contributed by atoms with Gasteiger partial charge in [0.05, 0.1) is 0 Å². The van der Waals surface area contributed by atoms with Gasteiger partial charge in [-0.2, -0.15) is 0 Å². The minimum Gasteiger partial charge on any atom is -0.348 e. The largest absolute Gasteiger partial charge is 0.348 e. The molecule has 2 nitrogen and oxygen atoms in total. The molecular weight excluding hydrogens is 314 g/mol. The number of thioether (sulfide) groups is 1. The second-order valence-corrected chi connectivity index (χ2v) is 6.96. The van der Waals surface area contributed by atoms with E-state index in [1.54, 1.807) is 0 Å². The van der Waals surface area contributed by atoms with Crippen LogP contribution in [0, 0.1) is 13.8 Å². The topological polar surface area (TPSA) is 22.0 Å². The molecule has 3 heteroatoms. The third-order valence-corrected chi connectivity index (χ3v) is 5.17. The fraction of sp³-hybridized carbons (Fsp3) is 0.190. The van der Waals surface area contributed by atoms with Gasteiger partial charge in [-0.3, -0.25) is 4.79 Å². The van der Waals surface area contributed by atoms with E-state index in [0.29, 0.717) is 0 Å². The predicted molar refractivity (Wildman–Crippen MR) is 101 cm³/mol. The Labute approximate surface area is 147 Å². The molecule has 0 aliphatic rings. The molecule has 0 bridgehead atoms. The highest BCUT2D eigenvalue weighted by atomic mass is 32.2. The van der Waals surface area contributed by atoms with Crippen molar-refractivity contribution < 1.29 is 4.79 Å². The minimum atomic E-state index is 0.102. The van der Waals surface area contributed by atoms with Crippen LogP contribution in [0.25, 0.3) is 0 Å². The zero-order chi connectivity index (χ0) is 16.9. The Morgan fingerprint density at radius 1 is 0.958 bits per heavy atom. The van der Waals surface area contributed by atoms with Crippen LogP contribution in [0.4, 0.5) is 0 Å². The summed E-state index contributed by atoms with van der Waals surface area (Å²) in [6.45, 7) is 5.01. The van der Waals surface area contributed by atoms with E-state index >= 15 is 0 Å². The van der Waals surface area contributed by atoms with E-state index in [0.717, 1.165) is 34.8 Å². The lowest BCUT2D eigenvalue weighted by Crippen LogP contribution is -2.07. The molecule has 122 valence electrons. The Kier molecular flexibility index (Phi) is 5.21. The van der Waals surface area contributed by atoms with Gasteiger partial charge in [-0.1, -0.05) is 48.5 Å². The molecule has 0 radical (unpaired) electrons. The molecule has 3 aromatic rings. The molecule has 0 saturated heterocycles. The fourth-order valence-electron chi connectivity index (χ4n) is 2.89. The zero-order valence-corrected chi connectivity index (χ0v) is 14.8. The maximum absolute atomic E-state index is 12.7. The highest BCUT2D eigenvalue weighted by Crippen LogP contribution is 2.22. The minimum absolute atomic E-state index is 0.102. The van der Waals surface area contributed by atoms with Gasteiger partial charge in [-0.15, -0.1) is 11.8 Å². The standard InChI is InChI=1S/C21H21NOS/c1-16-15-20(21(23)18-9-5-3-6-10-18)17(2)22(16)13-14-24-19-11-7-4-8-12-19/h3-12,15H,13-14H2,1-2H3. The van der Waals surface area contributed by atoms with E-state index in [2.05, 4.69) is 35.8 Å². The van der Waals surface area contributed by atoms with Crippen LogP contribution < -0.4 is 0 Å². The molecule has 0 aliphatic heterocycles. The van der Waals surface area contributed by atoms with E-state index < -0.39 is 0 Å². The van der Waals surface area contributed by atoms with Crippen LogP contribution in [0.15, 0.2) is 71.6 Å². The highest BCUT2D eigenvalue weighted by molar-refractivity contribution is 7.99. The van der Waals surface area contributed by atoms with Crippen molar-refractivity contribution in [3.63, 3.8) is 0 Å². The van der Waals surface area contributed by atoms with Crippen LogP contribution >= 0.6 is 11.8 Å². The van der Waals surface area contributed by atoms with E-state index in [1.165, 1.54) is 4.90 Å². The number of nitrogens with zero attached hydrogens (tertiary/aromatic N) is 1. The van der Waals surface area contributed by atoms with Gasteiger partial charge in [0, 0.05) is 39.7 Å². The fourth-order valence-corrected chi connectivity index (χ4v) is 3.75. The number of hydrogen-bond acceptors (Lipinski definition) is 2. The average molecular weight is 335 g/mol.